The van der Waals surface area contributed by atoms with Gasteiger partial charge in [0.1, 0.15) is 0 Å². The molecule has 0 atom stereocenters. The van der Waals surface area contributed by atoms with Gasteiger partial charge in [0.05, 0.1) is 0 Å². The van der Waals surface area contributed by atoms with Crippen LogP contribution in [-0.2, 0) is 31.1 Å². The van der Waals surface area contributed by atoms with Crippen LogP contribution in [0.2, 0.25) is 0 Å². The Hall–Kier alpha value is 0.0265. The molecule has 1 rings (SSSR count). The van der Waals surface area contributed by atoms with E-state index in [1.54, 1.807) is 0 Å². The summed E-state index contributed by atoms with van der Waals surface area (Å²) in [6.07, 6.45) is 0. The standard InChI is InChI=1S/C18H29P.Co/c1-16(2,3)12-10-13(17(4,5)6)15(19)14(11-12)18(7,8)9;/h10-11H,1-9H3;. The molecular formula is C18H29CoP. The summed E-state index contributed by atoms with van der Waals surface area (Å²) in [5, 5.41) is 1.39. The topological polar surface area (TPSA) is 0 Å². The Kier molecular flexibility index (Phi) is 5.12. The molecule has 115 valence electrons. The molecule has 0 nitrogen and oxygen atoms in total. The summed E-state index contributed by atoms with van der Waals surface area (Å²) < 4.78 is 0. The molecular weight excluding hydrogens is 306 g/mol. The molecule has 0 aromatic heterocycles. The Labute approximate surface area is 134 Å². The van der Waals surface area contributed by atoms with Crippen molar-refractivity contribution < 1.29 is 14.8 Å². The maximum atomic E-state index is 4.65. The average Bonchev–Trinajstić information content (AvgIpc) is 2.23. The number of hydrogen-bond acceptors (Lipinski definition) is 0. The van der Waals surface area contributed by atoms with E-state index in [1.165, 1.54) is 22.0 Å². The zero-order valence-corrected chi connectivity index (χ0v) is 16.4. The van der Waals surface area contributed by atoms with Crippen molar-refractivity contribution in [3.8, 4) is 0 Å². The third-order valence-electron chi connectivity index (χ3n) is 3.67. The van der Waals surface area contributed by atoms with E-state index in [1.807, 2.05) is 0 Å². The minimum absolute atomic E-state index is 0.144. The van der Waals surface area contributed by atoms with Gasteiger partial charge in [0.15, 0.2) is 0 Å². The van der Waals surface area contributed by atoms with E-state index in [4.69, 9.17) is 0 Å². The molecule has 0 heterocycles. The van der Waals surface area contributed by atoms with Crippen LogP contribution in [0.5, 0.6) is 0 Å². The first-order chi connectivity index (χ1) is 8.78. The molecule has 0 spiro atoms. The molecule has 0 saturated heterocycles. The molecule has 1 aromatic carbocycles. The maximum absolute atomic E-state index is 4.65. The molecule has 0 aliphatic rings. The van der Waals surface area contributed by atoms with Gasteiger partial charge in [0.2, 0.25) is 0 Å². The van der Waals surface area contributed by atoms with Gasteiger partial charge < -0.3 is 0 Å². The molecule has 0 unspecified atom stereocenters. The molecule has 20 heavy (non-hydrogen) atoms. The first-order valence-electron chi connectivity index (χ1n) is 7.28. The van der Waals surface area contributed by atoms with Crippen molar-refractivity contribution in [3.05, 3.63) is 28.8 Å². The van der Waals surface area contributed by atoms with Crippen molar-refractivity contribution in [2.45, 2.75) is 78.6 Å². The van der Waals surface area contributed by atoms with Crippen molar-refractivity contribution in [3.63, 3.8) is 0 Å². The van der Waals surface area contributed by atoms with Crippen LogP contribution in [0.15, 0.2) is 12.1 Å². The molecule has 0 aliphatic carbocycles. The zero-order chi connectivity index (χ0) is 15.9. The summed E-state index contributed by atoms with van der Waals surface area (Å²) >= 11 is 4.65. The summed E-state index contributed by atoms with van der Waals surface area (Å²) in [5.41, 5.74) is 4.75. The van der Waals surface area contributed by atoms with Gasteiger partial charge in [-0.1, -0.05) is 0 Å². The van der Waals surface area contributed by atoms with E-state index in [9.17, 15) is 0 Å². The van der Waals surface area contributed by atoms with Gasteiger partial charge in [-0.2, -0.15) is 0 Å². The molecule has 0 radical (unpaired) electrons. The molecule has 0 saturated carbocycles. The van der Waals surface area contributed by atoms with E-state index in [0.717, 1.165) is 6.87 Å². The van der Waals surface area contributed by atoms with Crippen LogP contribution in [0.25, 0.3) is 0 Å². The first-order valence-corrected chi connectivity index (χ1v) is 9.42. The summed E-state index contributed by atoms with van der Waals surface area (Å²) in [7, 11) is 0. The molecule has 0 fully saturated rings. The zero-order valence-electron chi connectivity index (χ0n) is 14.4. The Morgan fingerprint density at radius 1 is 0.700 bits per heavy atom. The van der Waals surface area contributed by atoms with Crippen molar-refractivity contribution in [1.82, 2.24) is 0 Å². The van der Waals surface area contributed by atoms with Gasteiger partial charge in [0, 0.05) is 0 Å². The fourth-order valence-electron chi connectivity index (χ4n) is 2.29. The minimum atomic E-state index is 0.144. The van der Waals surface area contributed by atoms with E-state index < -0.39 is 0 Å². The van der Waals surface area contributed by atoms with Gasteiger partial charge in [-0.15, -0.1) is 0 Å². The van der Waals surface area contributed by atoms with Gasteiger partial charge in [-0.05, 0) is 0 Å². The van der Waals surface area contributed by atoms with Gasteiger partial charge in [-0.3, -0.25) is 0 Å². The first kappa shape index (κ1) is 18.1. The second-order valence-electron chi connectivity index (χ2n) is 8.74. The summed E-state index contributed by atoms with van der Waals surface area (Å²) in [4.78, 5) is 0. The van der Waals surface area contributed by atoms with Crippen molar-refractivity contribution in [1.29, 1.82) is 0 Å². The number of rotatable bonds is 1. The van der Waals surface area contributed by atoms with Crippen molar-refractivity contribution >= 4 is 12.2 Å². The van der Waals surface area contributed by atoms with Crippen LogP contribution in [-0.4, -0.2) is 0 Å². The van der Waals surface area contributed by atoms with Crippen LogP contribution in [0, 0.1) is 0 Å². The molecule has 1 aromatic rings. The second-order valence-corrected chi connectivity index (χ2v) is 10.0. The van der Waals surface area contributed by atoms with Crippen LogP contribution in [0.4, 0.5) is 0 Å². The molecule has 0 aliphatic heterocycles. The molecule has 0 amide bonds. The molecule has 0 bridgehead atoms. The Morgan fingerprint density at radius 2 is 1.05 bits per heavy atom. The van der Waals surface area contributed by atoms with Gasteiger partial charge >= 0.3 is 134 Å². The summed E-state index contributed by atoms with van der Waals surface area (Å²) in [5.74, 6) is 0. The van der Waals surface area contributed by atoms with Crippen molar-refractivity contribution in [2.75, 3.05) is 0 Å². The Bertz CT molecular complexity index is 473. The quantitative estimate of drug-likeness (QED) is 0.585. The Balaban J connectivity index is 3.80. The second kappa shape index (κ2) is 5.67. The SMILES string of the molecule is CC(C)(C)c1cc(C(C)(C)C)c([P]=[Co])c(C(C)(C)C)c1. The van der Waals surface area contributed by atoms with Crippen molar-refractivity contribution in [2.24, 2.45) is 0 Å². The monoisotopic (exact) mass is 335 g/mol. The van der Waals surface area contributed by atoms with Crippen LogP contribution >= 0.6 is 6.87 Å². The fourth-order valence-corrected chi connectivity index (χ4v) is 4.00. The third kappa shape index (κ3) is 4.03. The van der Waals surface area contributed by atoms with E-state index in [-0.39, 0.29) is 16.2 Å². The average molecular weight is 335 g/mol. The van der Waals surface area contributed by atoms with Crippen LogP contribution in [0.3, 0.4) is 0 Å². The predicted molar refractivity (Wildman–Crippen MR) is 89.1 cm³/mol. The third-order valence-corrected chi connectivity index (χ3v) is 5.00. The van der Waals surface area contributed by atoms with Gasteiger partial charge in [-0.25, -0.2) is 0 Å². The van der Waals surface area contributed by atoms with E-state index in [2.05, 4.69) is 89.3 Å². The number of benzene rings is 1. The molecule has 2 heteroatoms. The van der Waals surface area contributed by atoms with E-state index in [0.29, 0.717) is 0 Å². The normalized spacial score (nSPS) is 13.9. The van der Waals surface area contributed by atoms with Gasteiger partial charge in [0.25, 0.3) is 0 Å². The number of hydrogen-bond donors (Lipinski definition) is 0. The summed E-state index contributed by atoms with van der Waals surface area (Å²) in [6, 6.07) is 4.79. The summed E-state index contributed by atoms with van der Waals surface area (Å²) in [6.45, 7) is 21.7. The molecule has 0 N–H and O–H groups in total. The fraction of sp³-hybridized carbons (Fsp3) is 0.667. The van der Waals surface area contributed by atoms with Crippen LogP contribution in [0.1, 0.15) is 79.0 Å². The predicted octanol–water partition coefficient (Wildman–Crippen LogP) is 5.61. The Morgan fingerprint density at radius 3 is 1.25 bits per heavy atom. The van der Waals surface area contributed by atoms with E-state index >= 15 is 0 Å². The van der Waals surface area contributed by atoms with Crippen LogP contribution < -0.4 is 5.30 Å².